The van der Waals surface area contributed by atoms with Gasteiger partial charge in [0.25, 0.3) is 0 Å². The van der Waals surface area contributed by atoms with Crippen molar-refractivity contribution in [2.24, 2.45) is 5.92 Å². The van der Waals surface area contributed by atoms with E-state index in [1.54, 1.807) is 24.3 Å². The lowest BCUT2D eigenvalue weighted by molar-refractivity contribution is -0.115. The Morgan fingerprint density at radius 1 is 1.53 bits per heavy atom. The third-order valence-corrected chi connectivity index (χ3v) is 2.43. The van der Waals surface area contributed by atoms with Crippen LogP contribution < -0.4 is 10.6 Å². The van der Waals surface area contributed by atoms with Gasteiger partial charge in [0.1, 0.15) is 0 Å². The zero-order chi connectivity index (χ0) is 12.7. The van der Waals surface area contributed by atoms with Crippen LogP contribution in [-0.4, -0.2) is 30.7 Å². The number of carbonyl (C=O) groups excluding carboxylic acids is 1. The number of amides is 1. The van der Waals surface area contributed by atoms with Crippen LogP contribution in [0.3, 0.4) is 0 Å². The topological polar surface area (TPSA) is 61.4 Å². The molecule has 1 rings (SSSR count). The normalized spacial score (nSPS) is 12.2. The maximum absolute atomic E-state index is 11.5. The van der Waals surface area contributed by atoms with Gasteiger partial charge in [0.2, 0.25) is 5.91 Å². The number of aliphatic hydroxyl groups excluding tert-OH is 1. The van der Waals surface area contributed by atoms with Gasteiger partial charge in [-0.15, -0.1) is 0 Å². The van der Waals surface area contributed by atoms with E-state index in [1.807, 2.05) is 6.92 Å². The van der Waals surface area contributed by atoms with E-state index >= 15 is 0 Å². The van der Waals surface area contributed by atoms with E-state index in [9.17, 15) is 4.79 Å². The lowest BCUT2D eigenvalue weighted by Crippen LogP contribution is -2.31. The van der Waals surface area contributed by atoms with Crippen molar-refractivity contribution in [1.82, 2.24) is 5.32 Å². The number of anilines is 1. The van der Waals surface area contributed by atoms with Gasteiger partial charge in [-0.25, -0.2) is 0 Å². The Morgan fingerprint density at radius 3 is 2.94 bits per heavy atom. The van der Waals surface area contributed by atoms with Crippen molar-refractivity contribution in [3.8, 4) is 0 Å². The lowest BCUT2D eigenvalue weighted by Gasteiger charge is -2.10. The molecule has 1 atom stereocenters. The number of rotatable bonds is 6. The SMILES string of the molecule is CC(CO)CNCC(=O)Nc1cccc(Cl)c1. The minimum absolute atomic E-state index is 0.114. The second-order valence-corrected chi connectivity index (χ2v) is 4.41. The van der Waals surface area contributed by atoms with E-state index in [0.29, 0.717) is 17.3 Å². The highest BCUT2D eigenvalue weighted by molar-refractivity contribution is 6.30. The first kappa shape index (κ1) is 14.0. The molecule has 3 N–H and O–H groups in total. The van der Waals surface area contributed by atoms with Crippen LogP contribution in [0.1, 0.15) is 6.92 Å². The lowest BCUT2D eigenvalue weighted by atomic mass is 10.2. The van der Waals surface area contributed by atoms with Gasteiger partial charge in [-0.2, -0.15) is 0 Å². The Kier molecular flexibility index (Phi) is 5.97. The molecule has 1 aromatic carbocycles. The zero-order valence-corrected chi connectivity index (χ0v) is 10.5. The van der Waals surface area contributed by atoms with Crippen LogP contribution in [0.15, 0.2) is 24.3 Å². The molecule has 0 saturated carbocycles. The molecule has 1 unspecified atom stereocenters. The van der Waals surface area contributed by atoms with Gasteiger partial charge in [0, 0.05) is 23.9 Å². The summed E-state index contributed by atoms with van der Waals surface area (Å²) in [7, 11) is 0. The van der Waals surface area contributed by atoms with Crippen LogP contribution in [0.2, 0.25) is 5.02 Å². The Balaban J connectivity index is 2.30. The molecule has 0 saturated heterocycles. The molecule has 5 heteroatoms. The highest BCUT2D eigenvalue weighted by atomic mass is 35.5. The molecule has 0 heterocycles. The van der Waals surface area contributed by atoms with E-state index in [2.05, 4.69) is 10.6 Å². The fourth-order valence-electron chi connectivity index (χ4n) is 1.27. The first-order chi connectivity index (χ1) is 8.11. The average Bonchev–Trinajstić information content (AvgIpc) is 2.28. The molecule has 0 aromatic heterocycles. The molecule has 1 aromatic rings. The molecule has 94 valence electrons. The van der Waals surface area contributed by atoms with Crippen molar-refractivity contribution in [2.75, 3.05) is 25.0 Å². The predicted molar refractivity (Wildman–Crippen MR) is 69.2 cm³/mol. The van der Waals surface area contributed by atoms with Gasteiger partial charge in [0.05, 0.1) is 6.54 Å². The van der Waals surface area contributed by atoms with Crippen molar-refractivity contribution in [3.63, 3.8) is 0 Å². The molecule has 0 radical (unpaired) electrons. The Morgan fingerprint density at radius 2 is 2.29 bits per heavy atom. The number of nitrogens with one attached hydrogen (secondary N) is 2. The van der Waals surface area contributed by atoms with Crippen LogP contribution in [-0.2, 0) is 4.79 Å². The molecular formula is C12H17ClN2O2. The highest BCUT2D eigenvalue weighted by Gasteiger charge is 2.04. The molecule has 1 amide bonds. The standard InChI is InChI=1S/C12H17ClN2O2/c1-9(8-16)6-14-7-12(17)15-11-4-2-3-10(13)5-11/h2-5,9,14,16H,6-8H2,1H3,(H,15,17). The van der Waals surface area contributed by atoms with Crippen molar-refractivity contribution in [2.45, 2.75) is 6.92 Å². The summed E-state index contributed by atoms with van der Waals surface area (Å²) in [6, 6.07) is 6.99. The van der Waals surface area contributed by atoms with Crippen molar-refractivity contribution >= 4 is 23.2 Å². The van der Waals surface area contributed by atoms with Gasteiger partial charge in [-0.1, -0.05) is 24.6 Å². The monoisotopic (exact) mass is 256 g/mol. The summed E-state index contributed by atoms with van der Waals surface area (Å²) in [5.74, 6) is 0.0198. The number of aliphatic hydroxyl groups is 1. The summed E-state index contributed by atoms with van der Waals surface area (Å²) in [6.45, 7) is 2.85. The van der Waals surface area contributed by atoms with Gasteiger partial charge in [-0.05, 0) is 24.1 Å². The number of hydrogen-bond acceptors (Lipinski definition) is 3. The molecule has 0 spiro atoms. The molecule has 0 aliphatic carbocycles. The predicted octanol–water partition coefficient (Wildman–Crippen LogP) is 1.50. The Hall–Kier alpha value is -1.10. The average molecular weight is 257 g/mol. The second kappa shape index (κ2) is 7.27. The fraction of sp³-hybridized carbons (Fsp3) is 0.417. The van der Waals surface area contributed by atoms with Gasteiger partial charge >= 0.3 is 0 Å². The van der Waals surface area contributed by atoms with Crippen LogP contribution in [0.5, 0.6) is 0 Å². The summed E-state index contributed by atoms with van der Waals surface area (Å²) in [5, 5.41) is 15.1. The van der Waals surface area contributed by atoms with Crippen molar-refractivity contribution in [3.05, 3.63) is 29.3 Å². The number of carbonyl (C=O) groups is 1. The van der Waals surface area contributed by atoms with Crippen LogP contribution >= 0.6 is 11.6 Å². The fourth-order valence-corrected chi connectivity index (χ4v) is 1.46. The van der Waals surface area contributed by atoms with E-state index in [-0.39, 0.29) is 25.0 Å². The summed E-state index contributed by atoms with van der Waals surface area (Å²) in [6.07, 6.45) is 0. The number of halogens is 1. The summed E-state index contributed by atoms with van der Waals surface area (Å²) >= 11 is 5.80. The maximum atomic E-state index is 11.5. The minimum atomic E-state index is -0.127. The maximum Gasteiger partial charge on any atom is 0.238 e. The summed E-state index contributed by atoms with van der Waals surface area (Å²) in [4.78, 5) is 11.5. The van der Waals surface area contributed by atoms with E-state index in [1.165, 1.54) is 0 Å². The molecular weight excluding hydrogens is 240 g/mol. The smallest absolute Gasteiger partial charge is 0.238 e. The van der Waals surface area contributed by atoms with E-state index in [4.69, 9.17) is 16.7 Å². The van der Waals surface area contributed by atoms with Gasteiger partial charge in [0.15, 0.2) is 0 Å². The van der Waals surface area contributed by atoms with Crippen molar-refractivity contribution < 1.29 is 9.90 Å². The molecule has 0 bridgehead atoms. The van der Waals surface area contributed by atoms with Gasteiger partial charge < -0.3 is 15.7 Å². The third kappa shape index (κ3) is 5.68. The van der Waals surface area contributed by atoms with E-state index < -0.39 is 0 Å². The minimum Gasteiger partial charge on any atom is -0.396 e. The third-order valence-electron chi connectivity index (χ3n) is 2.20. The van der Waals surface area contributed by atoms with Crippen molar-refractivity contribution in [1.29, 1.82) is 0 Å². The molecule has 17 heavy (non-hydrogen) atoms. The summed E-state index contributed by atoms with van der Waals surface area (Å²) in [5.41, 5.74) is 0.680. The number of hydrogen-bond donors (Lipinski definition) is 3. The Bertz CT molecular complexity index is 371. The number of benzene rings is 1. The van der Waals surface area contributed by atoms with E-state index in [0.717, 1.165) is 0 Å². The van der Waals surface area contributed by atoms with Crippen LogP contribution in [0.4, 0.5) is 5.69 Å². The molecule has 4 nitrogen and oxygen atoms in total. The summed E-state index contributed by atoms with van der Waals surface area (Å²) < 4.78 is 0. The second-order valence-electron chi connectivity index (χ2n) is 3.98. The molecule has 0 aliphatic heterocycles. The Labute approximate surface area is 106 Å². The molecule has 0 fully saturated rings. The van der Waals surface area contributed by atoms with Crippen LogP contribution in [0, 0.1) is 5.92 Å². The highest BCUT2D eigenvalue weighted by Crippen LogP contribution is 2.14. The largest absolute Gasteiger partial charge is 0.396 e. The van der Waals surface area contributed by atoms with Gasteiger partial charge in [-0.3, -0.25) is 4.79 Å². The zero-order valence-electron chi connectivity index (χ0n) is 9.74. The first-order valence-corrected chi connectivity index (χ1v) is 5.86. The first-order valence-electron chi connectivity index (χ1n) is 5.49. The molecule has 0 aliphatic rings. The quantitative estimate of drug-likeness (QED) is 0.723. The van der Waals surface area contributed by atoms with Crippen LogP contribution in [0.25, 0.3) is 0 Å².